The summed E-state index contributed by atoms with van der Waals surface area (Å²) in [7, 11) is 0. The van der Waals surface area contributed by atoms with E-state index in [1.165, 1.54) is 0 Å². The summed E-state index contributed by atoms with van der Waals surface area (Å²) in [4.78, 5) is 17.4. The molecule has 3 heterocycles. The van der Waals surface area contributed by atoms with Gasteiger partial charge in [0.25, 0.3) is 5.91 Å². The molecule has 0 saturated carbocycles. The van der Waals surface area contributed by atoms with Crippen molar-refractivity contribution in [2.75, 3.05) is 26.6 Å². The zero-order valence-corrected chi connectivity index (χ0v) is 16.0. The molecule has 1 N–H and O–H groups in total. The van der Waals surface area contributed by atoms with E-state index in [1.54, 1.807) is 6.07 Å². The maximum Gasteiger partial charge on any atom is 0.269 e. The van der Waals surface area contributed by atoms with E-state index in [1.807, 2.05) is 42.5 Å². The molecule has 1 saturated heterocycles. The molecule has 0 spiro atoms. The van der Waals surface area contributed by atoms with Crippen LogP contribution in [-0.2, 0) is 10.2 Å². The molecule has 29 heavy (non-hydrogen) atoms. The molecule has 1 aromatic heterocycles. The van der Waals surface area contributed by atoms with E-state index in [0.717, 1.165) is 40.8 Å². The number of pyridine rings is 1. The second kappa shape index (κ2) is 7.37. The van der Waals surface area contributed by atoms with Crippen molar-refractivity contribution in [1.29, 1.82) is 0 Å². The molecule has 148 valence electrons. The summed E-state index contributed by atoms with van der Waals surface area (Å²) in [5, 5.41) is 4.13. The van der Waals surface area contributed by atoms with Crippen LogP contribution in [0.15, 0.2) is 54.6 Å². The minimum atomic E-state index is -0.203. The Bertz CT molecular complexity index is 1060. The van der Waals surface area contributed by atoms with Gasteiger partial charge in [0.05, 0.1) is 5.52 Å². The number of benzene rings is 2. The third-order valence-corrected chi connectivity index (χ3v) is 5.85. The van der Waals surface area contributed by atoms with Gasteiger partial charge in [-0.3, -0.25) is 4.79 Å². The molecule has 0 atom stereocenters. The van der Waals surface area contributed by atoms with Crippen molar-refractivity contribution >= 4 is 16.8 Å². The Kier molecular flexibility index (Phi) is 4.56. The molecule has 6 heteroatoms. The Morgan fingerprint density at radius 2 is 1.83 bits per heavy atom. The van der Waals surface area contributed by atoms with Crippen LogP contribution in [0.3, 0.4) is 0 Å². The van der Waals surface area contributed by atoms with E-state index < -0.39 is 0 Å². The molecule has 0 radical (unpaired) electrons. The van der Waals surface area contributed by atoms with Gasteiger partial charge in [-0.25, -0.2) is 4.98 Å². The molecule has 5 rings (SSSR count). The lowest BCUT2D eigenvalue weighted by Gasteiger charge is -2.38. The molecular formula is C23H22N2O4. The molecule has 3 aromatic rings. The topological polar surface area (TPSA) is 69.7 Å². The third kappa shape index (κ3) is 3.40. The van der Waals surface area contributed by atoms with Crippen molar-refractivity contribution in [1.82, 2.24) is 10.3 Å². The first-order chi connectivity index (χ1) is 14.2. The van der Waals surface area contributed by atoms with Gasteiger partial charge in [-0.05, 0) is 42.7 Å². The van der Waals surface area contributed by atoms with Gasteiger partial charge in [-0.15, -0.1) is 0 Å². The van der Waals surface area contributed by atoms with E-state index >= 15 is 0 Å². The van der Waals surface area contributed by atoms with Gasteiger partial charge in [-0.1, -0.05) is 30.3 Å². The average Bonchev–Trinajstić information content (AvgIpc) is 3.26. The van der Waals surface area contributed by atoms with Crippen molar-refractivity contribution in [3.63, 3.8) is 0 Å². The van der Waals surface area contributed by atoms with E-state index in [4.69, 9.17) is 14.2 Å². The van der Waals surface area contributed by atoms with Gasteiger partial charge >= 0.3 is 0 Å². The Labute approximate surface area is 168 Å². The summed E-state index contributed by atoms with van der Waals surface area (Å²) < 4.78 is 16.6. The van der Waals surface area contributed by atoms with Gasteiger partial charge in [0.15, 0.2) is 11.5 Å². The minimum Gasteiger partial charge on any atom is -0.454 e. The number of fused-ring (bicyclic) bond motifs is 2. The fourth-order valence-electron chi connectivity index (χ4n) is 4.09. The Hall–Kier alpha value is -3.12. The number of hydrogen-bond donors (Lipinski definition) is 1. The van der Waals surface area contributed by atoms with E-state index in [-0.39, 0.29) is 18.1 Å². The van der Waals surface area contributed by atoms with Gasteiger partial charge < -0.3 is 19.5 Å². The number of amides is 1. The van der Waals surface area contributed by atoms with Crippen LogP contribution in [0.2, 0.25) is 0 Å². The first kappa shape index (κ1) is 17.9. The minimum absolute atomic E-state index is 0.164. The maximum absolute atomic E-state index is 12.8. The van der Waals surface area contributed by atoms with Crippen molar-refractivity contribution in [3.05, 3.63) is 65.9 Å². The largest absolute Gasteiger partial charge is 0.454 e. The van der Waals surface area contributed by atoms with E-state index in [2.05, 4.69) is 16.4 Å². The molecular weight excluding hydrogens is 368 g/mol. The van der Waals surface area contributed by atoms with E-state index in [0.29, 0.717) is 25.5 Å². The number of carbonyl (C=O) groups is 1. The van der Waals surface area contributed by atoms with Crippen LogP contribution in [0.25, 0.3) is 10.9 Å². The zero-order chi connectivity index (χ0) is 19.7. The van der Waals surface area contributed by atoms with Crippen LogP contribution in [0.1, 0.15) is 28.9 Å². The van der Waals surface area contributed by atoms with Crippen LogP contribution < -0.4 is 14.8 Å². The highest BCUT2D eigenvalue weighted by Crippen LogP contribution is 2.40. The van der Waals surface area contributed by atoms with Crippen molar-refractivity contribution in [3.8, 4) is 11.5 Å². The van der Waals surface area contributed by atoms with Crippen molar-refractivity contribution in [2.45, 2.75) is 18.3 Å². The second-order valence-electron chi connectivity index (χ2n) is 7.53. The summed E-state index contributed by atoms with van der Waals surface area (Å²) in [5.74, 6) is 1.36. The lowest BCUT2D eigenvalue weighted by molar-refractivity contribution is 0.0486. The van der Waals surface area contributed by atoms with Crippen molar-refractivity contribution in [2.24, 2.45) is 0 Å². The number of ether oxygens (including phenoxy) is 3. The second-order valence-corrected chi connectivity index (χ2v) is 7.53. The first-order valence-corrected chi connectivity index (χ1v) is 9.85. The molecule has 2 aliphatic rings. The van der Waals surface area contributed by atoms with Gasteiger partial charge in [-0.2, -0.15) is 0 Å². The molecule has 6 nitrogen and oxygen atoms in total. The molecule has 0 bridgehead atoms. The summed E-state index contributed by atoms with van der Waals surface area (Å²) in [6.07, 6.45) is 1.66. The molecule has 1 amide bonds. The maximum atomic E-state index is 12.8. The van der Waals surface area contributed by atoms with Gasteiger partial charge in [0.2, 0.25) is 6.79 Å². The SMILES string of the molecule is O=C(NCC1(c2ccc3c(c2)OCO3)CCOCC1)c1ccc2ccccc2n1. The van der Waals surface area contributed by atoms with Crippen LogP contribution in [0.5, 0.6) is 11.5 Å². The Morgan fingerprint density at radius 1 is 1.00 bits per heavy atom. The summed E-state index contributed by atoms with van der Waals surface area (Å²) in [6, 6.07) is 17.5. The molecule has 1 fully saturated rings. The molecule has 0 aliphatic carbocycles. The average molecular weight is 390 g/mol. The van der Waals surface area contributed by atoms with E-state index in [9.17, 15) is 4.79 Å². The predicted molar refractivity (Wildman–Crippen MR) is 108 cm³/mol. The third-order valence-electron chi connectivity index (χ3n) is 5.85. The highest BCUT2D eigenvalue weighted by atomic mass is 16.7. The first-order valence-electron chi connectivity index (χ1n) is 9.85. The summed E-state index contributed by atoms with van der Waals surface area (Å²) >= 11 is 0. The highest BCUT2D eigenvalue weighted by Gasteiger charge is 2.36. The van der Waals surface area contributed by atoms with Gasteiger partial charge in [0, 0.05) is 30.6 Å². The predicted octanol–water partition coefficient (Wildman–Crippen LogP) is 3.44. The zero-order valence-electron chi connectivity index (χ0n) is 16.0. The number of nitrogens with zero attached hydrogens (tertiary/aromatic N) is 1. The highest BCUT2D eigenvalue weighted by molar-refractivity contribution is 5.94. The number of nitrogens with one attached hydrogen (secondary N) is 1. The fourth-order valence-corrected chi connectivity index (χ4v) is 4.09. The normalized spacial score (nSPS) is 17.2. The standard InChI is InChI=1S/C23H22N2O4/c26-22(19-7-5-16-3-1-2-4-18(16)25-19)24-14-23(9-11-27-12-10-23)17-6-8-20-21(13-17)29-15-28-20/h1-8,13H,9-12,14-15H2,(H,24,26). The molecule has 2 aromatic carbocycles. The lowest BCUT2D eigenvalue weighted by Crippen LogP contribution is -2.44. The Balaban J connectivity index is 1.38. The number of para-hydroxylation sites is 1. The number of carbonyl (C=O) groups excluding carboxylic acids is 1. The van der Waals surface area contributed by atoms with Crippen LogP contribution >= 0.6 is 0 Å². The fraction of sp³-hybridized carbons (Fsp3) is 0.304. The van der Waals surface area contributed by atoms with Crippen LogP contribution in [0.4, 0.5) is 0 Å². The lowest BCUT2D eigenvalue weighted by atomic mass is 9.74. The monoisotopic (exact) mass is 390 g/mol. The summed E-state index contributed by atoms with van der Waals surface area (Å²) in [5.41, 5.74) is 2.18. The summed E-state index contributed by atoms with van der Waals surface area (Å²) in [6.45, 7) is 2.10. The van der Waals surface area contributed by atoms with Crippen molar-refractivity contribution < 1.29 is 19.0 Å². The van der Waals surface area contributed by atoms with Crippen LogP contribution in [-0.4, -0.2) is 37.4 Å². The Morgan fingerprint density at radius 3 is 2.72 bits per heavy atom. The molecule has 0 unspecified atom stereocenters. The molecule has 2 aliphatic heterocycles. The number of rotatable bonds is 4. The number of aromatic nitrogens is 1. The van der Waals surface area contributed by atoms with Gasteiger partial charge in [0.1, 0.15) is 5.69 Å². The quantitative estimate of drug-likeness (QED) is 0.739. The smallest absolute Gasteiger partial charge is 0.269 e. The van der Waals surface area contributed by atoms with Crippen LogP contribution in [0, 0.1) is 0 Å². The number of hydrogen-bond acceptors (Lipinski definition) is 5.